The van der Waals surface area contributed by atoms with Crippen molar-refractivity contribution in [3.05, 3.63) is 69.9 Å². The number of carbonyl (C=O) groups excluding carboxylic acids is 1. The van der Waals surface area contributed by atoms with Gasteiger partial charge in [0.25, 0.3) is 5.91 Å². The number of hydrogen-bond donors (Lipinski definition) is 1. The molecular weight excluding hydrogens is 427 g/mol. The highest BCUT2D eigenvalue weighted by Gasteiger charge is 2.39. The third kappa shape index (κ3) is 3.85. The Morgan fingerprint density at radius 3 is 2.67 bits per heavy atom. The Labute approximate surface area is 177 Å². The average Bonchev–Trinajstić information content (AvgIpc) is 3.39. The van der Waals surface area contributed by atoms with Crippen LogP contribution in [-0.2, 0) is 10.0 Å². The van der Waals surface area contributed by atoms with Gasteiger partial charge in [-0.3, -0.25) is 4.79 Å². The monoisotopic (exact) mass is 446 g/mol. The van der Waals surface area contributed by atoms with Crippen LogP contribution in [0, 0.1) is 12.7 Å². The number of amides is 1. The van der Waals surface area contributed by atoms with Gasteiger partial charge >= 0.3 is 0 Å². The predicted molar refractivity (Wildman–Crippen MR) is 111 cm³/mol. The molecule has 1 aromatic heterocycles. The number of benzene rings is 2. The molecule has 0 spiro atoms. The Balaban J connectivity index is 1.57. The zero-order valence-electron chi connectivity index (χ0n) is 16.1. The van der Waals surface area contributed by atoms with Crippen molar-refractivity contribution in [2.24, 2.45) is 0 Å². The first kappa shape index (κ1) is 20.6. The lowest BCUT2D eigenvalue weighted by atomic mass is 10.2. The summed E-state index contributed by atoms with van der Waals surface area (Å²) >= 11 is 1.02. The van der Waals surface area contributed by atoms with Crippen LogP contribution in [0.1, 0.15) is 39.3 Å². The van der Waals surface area contributed by atoms with E-state index in [0.29, 0.717) is 30.0 Å². The van der Waals surface area contributed by atoms with E-state index in [4.69, 9.17) is 0 Å². The van der Waals surface area contributed by atoms with Crippen LogP contribution < -0.4 is 5.32 Å². The number of aromatic nitrogens is 2. The number of halogens is 1. The molecule has 7 nitrogen and oxygen atoms in total. The van der Waals surface area contributed by atoms with Gasteiger partial charge in [-0.1, -0.05) is 41.7 Å². The Kier molecular flexibility index (Phi) is 5.63. The van der Waals surface area contributed by atoms with E-state index in [2.05, 4.69) is 15.5 Å². The molecule has 30 heavy (non-hydrogen) atoms. The number of anilines is 1. The highest BCUT2D eigenvalue weighted by molar-refractivity contribution is 7.89. The lowest BCUT2D eigenvalue weighted by molar-refractivity contribution is 0.102. The zero-order valence-corrected chi connectivity index (χ0v) is 17.7. The molecule has 1 aliphatic heterocycles. The molecule has 0 saturated carbocycles. The lowest BCUT2D eigenvalue weighted by Gasteiger charge is -2.23. The van der Waals surface area contributed by atoms with E-state index in [1.807, 2.05) is 0 Å². The number of hydrogen-bond acceptors (Lipinski definition) is 6. The fraction of sp³-hybridized carbons (Fsp3) is 0.250. The minimum atomic E-state index is -3.71. The summed E-state index contributed by atoms with van der Waals surface area (Å²) in [5, 5.41) is 10.9. The van der Waals surface area contributed by atoms with Crippen LogP contribution in [0.25, 0.3) is 0 Å². The van der Waals surface area contributed by atoms with E-state index in [9.17, 15) is 17.6 Å². The molecule has 0 bridgehead atoms. The first-order chi connectivity index (χ1) is 14.4. The fourth-order valence-corrected chi connectivity index (χ4v) is 6.29. The summed E-state index contributed by atoms with van der Waals surface area (Å²) in [5.74, 6) is -1.14. The Morgan fingerprint density at radius 1 is 1.17 bits per heavy atom. The van der Waals surface area contributed by atoms with Crippen LogP contribution >= 0.6 is 11.3 Å². The molecule has 1 saturated heterocycles. The van der Waals surface area contributed by atoms with Crippen molar-refractivity contribution in [3.63, 3.8) is 0 Å². The molecule has 4 rings (SSSR count). The van der Waals surface area contributed by atoms with Crippen molar-refractivity contribution in [1.82, 2.24) is 14.5 Å². The molecule has 0 unspecified atom stereocenters. The molecule has 1 fully saturated rings. The summed E-state index contributed by atoms with van der Waals surface area (Å²) in [4.78, 5) is 12.7. The number of sulfonamides is 1. The molecule has 1 amide bonds. The molecule has 1 aliphatic rings. The van der Waals surface area contributed by atoms with Gasteiger partial charge in [-0.05, 0) is 43.5 Å². The second kappa shape index (κ2) is 8.21. The van der Waals surface area contributed by atoms with E-state index >= 15 is 0 Å². The third-order valence-electron chi connectivity index (χ3n) is 4.93. The van der Waals surface area contributed by atoms with Crippen LogP contribution in [0.2, 0.25) is 0 Å². The molecule has 0 radical (unpaired) electrons. The Hall–Kier alpha value is -2.69. The fourth-order valence-electron chi connectivity index (χ4n) is 3.45. The molecule has 3 aromatic rings. The van der Waals surface area contributed by atoms with Gasteiger partial charge in [0.2, 0.25) is 15.0 Å². The van der Waals surface area contributed by atoms with E-state index in [0.717, 1.165) is 11.3 Å². The summed E-state index contributed by atoms with van der Waals surface area (Å²) < 4.78 is 41.6. The van der Waals surface area contributed by atoms with Crippen LogP contribution in [-0.4, -0.2) is 35.4 Å². The molecule has 10 heteroatoms. The predicted octanol–water partition coefficient (Wildman–Crippen LogP) is 3.76. The first-order valence-electron chi connectivity index (χ1n) is 9.34. The van der Waals surface area contributed by atoms with Crippen LogP contribution in [0.3, 0.4) is 0 Å². The van der Waals surface area contributed by atoms with Crippen molar-refractivity contribution in [1.29, 1.82) is 0 Å². The number of aryl methyl sites for hydroxylation is 1. The number of nitrogens with zero attached hydrogens (tertiary/aromatic N) is 3. The first-order valence-corrected chi connectivity index (χ1v) is 11.6. The van der Waals surface area contributed by atoms with Crippen molar-refractivity contribution in [3.8, 4) is 0 Å². The highest BCUT2D eigenvalue weighted by Crippen LogP contribution is 2.38. The molecule has 1 atom stereocenters. The highest BCUT2D eigenvalue weighted by atomic mass is 32.2. The molecule has 0 aliphatic carbocycles. The summed E-state index contributed by atoms with van der Waals surface area (Å²) in [6, 6.07) is 12.2. The largest absolute Gasteiger partial charge is 0.317 e. The third-order valence-corrected chi connectivity index (χ3v) is 8.02. The zero-order chi connectivity index (χ0) is 21.3. The van der Waals surface area contributed by atoms with E-state index in [-0.39, 0.29) is 15.6 Å². The maximum absolute atomic E-state index is 13.8. The van der Waals surface area contributed by atoms with Gasteiger partial charge in [0.1, 0.15) is 10.8 Å². The number of para-hydroxylation sites is 1. The number of nitrogens with one attached hydrogen (secondary N) is 1. The molecule has 156 valence electrons. The van der Waals surface area contributed by atoms with Crippen molar-refractivity contribution >= 4 is 33.0 Å². The van der Waals surface area contributed by atoms with Crippen molar-refractivity contribution in [2.75, 3.05) is 11.9 Å². The second-order valence-electron chi connectivity index (χ2n) is 6.92. The number of carbonyl (C=O) groups is 1. The summed E-state index contributed by atoms with van der Waals surface area (Å²) in [5.41, 5.74) is 0.717. The quantitative estimate of drug-likeness (QED) is 0.644. The van der Waals surface area contributed by atoms with Gasteiger partial charge in [0.05, 0.1) is 16.6 Å². The topological polar surface area (TPSA) is 92.3 Å². The lowest BCUT2D eigenvalue weighted by Crippen LogP contribution is -2.31. The maximum Gasteiger partial charge on any atom is 0.286 e. The number of rotatable bonds is 5. The second-order valence-corrected chi connectivity index (χ2v) is 9.79. The van der Waals surface area contributed by atoms with Crippen LogP contribution in [0.15, 0.2) is 53.4 Å². The van der Waals surface area contributed by atoms with Gasteiger partial charge in [0.15, 0.2) is 0 Å². The molecule has 2 aromatic carbocycles. The van der Waals surface area contributed by atoms with Crippen molar-refractivity contribution < 1.29 is 17.6 Å². The summed E-state index contributed by atoms with van der Waals surface area (Å²) in [6.45, 7) is 2.13. The Morgan fingerprint density at radius 2 is 1.90 bits per heavy atom. The van der Waals surface area contributed by atoms with Gasteiger partial charge < -0.3 is 5.32 Å². The van der Waals surface area contributed by atoms with Crippen molar-refractivity contribution in [2.45, 2.75) is 30.7 Å². The molecule has 1 N–H and O–H groups in total. The molecule has 2 heterocycles. The SMILES string of the molecule is Cc1ccccc1S(=O)(=O)N1CCC[C@@H]1c1nnc(C(=O)Nc2ccccc2F)s1. The van der Waals surface area contributed by atoms with Gasteiger partial charge in [0, 0.05) is 6.54 Å². The average molecular weight is 447 g/mol. The summed E-state index contributed by atoms with van der Waals surface area (Å²) in [7, 11) is -3.71. The van der Waals surface area contributed by atoms with Gasteiger partial charge in [-0.25, -0.2) is 12.8 Å². The smallest absolute Gasteiger partial charge is 0.286 e. The van der Waals surface area contributed by atoms with Crippen LogP contribution in [0.5, 0.6) is 0 Å². The minimum Gasteiger partial charge on any atom is -0.317 e. The van der Waals surface area contributed by atoms with E-state index in [1.54, 1.807) is 37.3 Å². The molecular formula is C20H19FN4O3S2. The standard InChI is InChI=1S/C20H19FN4O3S2/c1-13-7-2-5-11-17(13)30(27,28)25-12-6-10-16(25)19-23-24-20(29-19)18(26)22-15-9-4-3-8-14(15)21/h2-5,7-9,11,16H,6,10,12H2,1H3,(H,22,26)/t16-/m1/s1. The van der Waals surface area contributed by atoms with Crippen LogP contribution in [0.4, 0.5) is 10.1 Å². The van der Waals surface area contributed by atoms with E-state index < -0.39 is 27.8 Å². The normalized spacial score (nSPS) is 17.2. The van der Waals surface area contributed by atoms with E-state index in [1.165, 1.54) is 22.5 Å². The maximum atomic E-state index is 13.8. The van der Waals surface area contributed by atoms with Gasteiger partial charge in [-0.2, -0.15) is 4.31 Å². The summed E-state index contributed by atoms with van der Waals surface area (Å²) in [6.07, 6.45) is 1.28. The van der Waals surface area contributed by atoms with Gasteiger partial charge in [-0.15, -0.1) is 10.2 Å². The minimum absolute atomic E-state index is 0.0453. The Bertz CT molecular complexity index is 1200.